The first kappa shape index (κ1) is 23.6. The molecule has 2 fully saturated rings. The number of aryl methyl sites for hydroxylation is 2. The molecule has 0 unspecified atom stereocenters. The Morgan fingerprint density at radius 2 is 0.781 bits per heavy atom. The fourth-order valence-electron chi connectivity index (χ4n) is 4.19. The van der Waals surface area contributed by atoms with Gasteiger partial charge in [-0.1, -0.05) is 48.5 Å². The van der Waals surface area contributed by atoms with Gasteiger partial charge in [0.25, 0.3) is 0 Å². The summed E-state index contributed by atoms with van der Waals surface area (Å²) in [7, 11) is -0.705. The van der Waals surface area contributed by atoms with Crippen molar-refractivity contribution in [2.45, 2.75) is 90.6 Å². The second-order valence-corrected chi connectivity index (χ2v) is 11.1. The summed E-state index contributed by atoms with van der Waals surface area (Å²) in [6.07, 6.45) is 1.77. The molecule has 0 atom stereocenters. The molecule has 0 amide bonds. The summed E-state index contributed by atoms with van der Waals surface area (Å²) < 4.78 is 25.3. The molecule has 2 aliphatic heterocycles. The summed E-state index contributed by atoms with van der Waals surface area (Å²) in [6, 6.07) is 16.9. The predicted molar refractivity (Wildman–Crippen MR) is 132 cm³/mol. The van der Waals surface area contributed by atoms with Crippen molar-refractivity contribution in [1.82, 2.24) is 0 Å². The quantitative estimate of drug-likeness (QED) is 0.666. The van der Waals surface area contributed by atoms with Gasteiger partial charge in [-0.15, -0.1) is 0 Å². The molecule has 2 aromatic carbocycles. The highest BCUT2D eigenvalue weighted by atomic mass is 16.7. The summed E-state index contributed by atoms with van der Waals surface area (Å²) in [6.45, 7) is 16.7. The van der Waals surface area contributed by atoms with E-state index in [4.69, 9.17) is 18.6 Å². The Labute approximate surface area is 194 Å². The minimum atomic E-state index is -0.353. The Bertz CT molecular complexity index is 872. The van der Waals surface area contributed by atoms with Crippen molar-refractivity contribution in [3.8, 4) is 0 Å². The van der Waals surface area contributed by atoms with Crippen LogP contribution in [0.25, 0.3) is 0 Å². The summed E-state index contributed by atoms with van der Waals surface area (Å²) in [5, 5.41) is 0. The third-order valence-corrected chi connectivity index (χ3v) is 7.79. The second-order valence-electron chi connectivity index (χ2n) is 11.1. The predicted octanol–water partition coefficient (Wildman–Crippen LogP) is 4.07. The van der Waals surface area contributed by atoms with Gasteiger partial charge in [-0.05, 0) is 90.3 Å². The highest BCUT2D eigenvalue weighted by molar-refractivity contribution is 6.63. The smallest absolute Gasteiger partial charge is 0.399 e. The molecule has 0 spiro atoms. The highest BCUT2D eigenvalue weighted by Gasteiger charge is 2.53. The zero-order valence-corrected chi connectivity index (χ0v) is 20.8. The van der Waals surface area contributed by atoms with Crippen molar-refractivity contribution in [2.75, 3.05) is 0 Å². The maximum absolute atomic E-state index is 6.33. The van der Waals surface area contributed by atoms with Crippen LogP contribution in [0.4, 0.5) is 0 Å². The monoisotopic (exact) mass is 434 g/mol. The van der Waals surface area contributed by atoms with Crippen molar-refractivity contribution in [2.24, 2.45) is 0 Å². The van der Waals surface area contributed by atoms with E-state index in [1.165, 1.54) is 11.1 Å². The molecule has 2 heterocycles. The lowest BCUT2D eigenvalue weighted by molar-refractivity contribution is 0.00578. The van der Waals surface area contributed by atoms with Crippen LogP contribution in [0, 0.1) is 0 Å². The molecule has 0 bridgehead atoms. The van der Waals surface area contributed by atoms with E-state index < -0.39 is 0 Å². The molecule has 0 saturated carbocycles. The first-order valence-corrected chi connectivity index (χ1v) is 11.7. The van der Waals surface area contributed by atoms with Crippen molar-refractivity contribution in [1.29, 1.82) is 0 Å². The van der Waals surface area contributed by atoms with Crippen LogP contribution in [-0.2, 0) is 31.5 Å². The molecule has 0 aromatic heterocycles. The molecule has 0 radical (unpaired) electrons. The molecule has 6 heteroatoms. The minimum Gasteiger partial charge on any atom is -0.399 e. The standard InChI is InChI=1S/C26H36B2O4/c1-23(2)24(3,4)30-27(29-23)21-15-11-9-13-19(21)17-18-20-14-10-12-16-22(20)28-31-25(5,6)26(7,8)32-28/h9-16H,17-18H2,1-8H3. The second kappa shape index (κ2) is 8.02. The molecule has 2 saturated heterocycles. The SMILES string of the molecule is CC1(C)OB(c2ccccc2CCc2ccccc2B2OC(C)(C)C(C)(C)O2)OC1(C)C. The van der Waals surface area contributed by atoms with Gasteiger partial charge in [0.15, 0.2) is 0 Å². The Morgan fingerprint density at radius 3 is 1.09 bits per heavy atom. The van der Waals surface area contributed by atoms with Crippen molar-refractivity contribution in [3.05, 3.63) is 59.7 Å². The number of hydrogen-bond acceptors (Lipinski definition) is 4. The van der Waals surface area contributed by atoms with Crippen molar-refractivity contribution >= 4 is 25.2 Å². The van der Waals surface area contributed by atoms with E-state index >= 15 is 0 Å². The average Bonchev–Trinajstić information content (AvgIpc) is 3.06. The van der Waals surface area contributed by atoms with Crippen molar-refractivity contribution < 1.29 is 18.6 Å². The van der Waals surface area contributed by atoms with Crippen molar-refractivity contribution in [3.63, 3.8) is 0 Å². The summed E-state index contributed by atoms with van der Waals surface area (Å²) in [4.78, 5) is 0. The third-order valence-electron chi connectivity index (χ3n) is 7.79. The van der Waals surface area contributed by atoms with E-state index in [0.29, 0.717) is 0 Å². The third kappa shape index (κ3) is 4.19. The molecule has 4 nitrogen and oxygen atoms in total. The number of rotatable bonds is 5. The van der Waals surface area contributed by atoms with Gasteiger partial charge in [-0.25, -0.2) is 0 Å². The molecule has 32 heavy (non-hydrogen) atoms. The highest BCUT2D eigenvalue weighted by Crippen LogP contribution is 2.37. The number of hydrogen-bond donors (Lipinski definition) is 0. The zero-order valence-electron chi connectivity index (χ0n) is 20.8. The van der Waals surface area contributed by atoms with Gasteiger partial charge in [0.2, 0.25) is 0 Å². The summed E-state index contributed by atoms with van der Waals surface area (Å²) in [5.41, 5.74) is 3.30. The first-order chi connectivity index (χ1) is 14.8. The normalized spacial score (nSPS) is 23.0. The molecular formula is C26H36B2O4. The number of benzene rings is 2. The molecule has 0 aliphatic carbocycles. The van der Waals surface area contributed by atoms with Gasteiger partial charge in [-0.2, -0.15) is 0 Å². The molecule has 170 valence electrons. The van der Waals surface area contributed by atoms with Gasteiger partial charge >= 0.3 is 14.2 Å². The zero-order chi connectivity index (χ0) is 23.4. The van der Waals surface area contributed by atoms with E-state index in [-0.39, 0.29) is 36.6 Å². The fraction of sp³-hybridized carbons (Fsp3) is 0.538. The van der Waals surface area contributed by atoms with Crippen LogP contribution >= 0.6 is 0 Å². The molecule has 4 rings (SSSR count). The largest absolute Gasteiger partial charge is 0.495 e. The Balaban J connectivity index is 1.55. The van der Waals surface area contributed by atoms with Crippen LogP contribution < -0.4 is 10.9 Å². The van der Waals surface area contributed by atoms with E-state index in [0.717, 1.165) is 23.8 Å². The van der Waals surface area contributed by atoms with Gasteiger partial charge in [0.1, 0.15) is 0 Å². The first-order valence-electron chi connectivity index (χ1n) is 11.7. The van der Waals surface area contributed by atoms with Crippen LogP contribution in [0.15, 0.2) is 48.5 Å². The Hall–Kier alpha value is -1.59. The Morgan fingerprint density at radius 1 is 0.500 bits per heavy atom. The molecular weight excluding hydrogens is 398 g/mol. The van der Waals surface area contributed by atoms with E-state index in [9.17, 15) is 0 Å². The van der Waals surface area contributed by atoms with Crippen LogP contribution in [0.3, 0.4) is 0 Å². The van der Waals surface area contributed by atoms with E-state index in [2.05, 4.69) is 104 Å². The lowest BCUT2D eigenvalue weighted by atomic mass is 9.73. The van der Waals surface area contributed by atoms with Crippen LogP contribution in [-0.4, -0.2) is 36.6 Å². The molecule has 2 aromatic rings. The summed E-state index contributed by atoms with van der Waals surface area (Å²) >= 11 is 0. The topological polar surface area (TPSA) is 36.9 Å². The van der Waals surface area contributed by atoms with E-state index in [1.54, 1.807) is 0 Å². The summed E-state index contributed by atoms with van der Waals surface area (Å²) in [5.74, 6) is 0. The van der Waals surface area contributed by atoms with Crippen LogP contribution in [0.5, 0.6) is 0 Å². The van der Waals surface area contributed by atoms with Gasteiger partial charge < -0.3 is 18.6 Å². The van der Waals surface area contributed by atoms with Gasteiger partial charge in [-0.3, -0.25) is 0 Å². The lowest BCUT2D eigenvalue weighted by Gasteiger charge is -2.32. The van der Waals surface area contributed by atoms with Gasteiger partial charge in [0, 0.05) is 0 Å². The van der Waals surface area contributed by atoms with Crippen LogP contribution in [0.1, 0.15) is 66.5 Å². The maximum Gasteiger partial charge on any atom is 0.495 e. The average molecular weight is 434 g/mol. The minimum absolute atomic E-state index is 0.352. The fourth-order valence-corrected chi connectivity index (χ4v) is 4.19. The molecule has 2 aliphatic rings. The Kier molecular flexibility index (Phi) is 5.90. The lowest BCUT2D eigenvalue weighted by Crippen LogP contribution is -2.41. The molecule has 0 N–H and O–H groups in total. The maximum atomic E-state index is 6.33. The van der Waals surface area contributed by atoms with Crippen LogP contribution in [0.2, 0.25) is 0 Å². The van der Waals surface area contributed by atoms with E-state index in [1.807, 2.05) is 0 Å². The van der Waals surface area contributed by atoms with Gasteiger partial charge in [0.05, 0.1) is 22.4 Å².